The number of fused-ring (bicyclic) bond motifs is 1. The average Bonchev–Trinajstić information content (AvgIpc) is 3.34. The third-order valence-electron chi connectivity index (χ3n) is 6.13. The number of amides is 2. The lowest BCUT2D eigenvalue weighted by molar-refractivity contribution is -0.121. The molecule has 0 spiro atoms. The first kappa shape index (κ1) is 23.1. The molecule has 0 radical (unpaired) electrons. The van der Waals surface area contributed by atoms with Gasteiger partial charge in [-0.3, -0.25) is 9.59 Å². The van der Waals surface area contributed by atoms with Gasteiger partial charge in [0.05, 0.1) is 24.8 Å². The highest BCUT2D eigenvalue weighted by atomic mass is 32.1. The molecule has 172 valence electrons. The summed E-state index contributed by atoms with van der Waals surface area (Å²) in [6.07, 6.45) is 0. The van der Waals surface area contributed by atoms with Crippen LogP contribution in [-0.2, 0) is 4.79 Å². The summed E-state index contributed by atoms with van der Waals surface area (Å²) in [7, 11) is 3.40. The molecule has 0 aliphatic carbocycles. The summed E-state index contributed by atoms with van der Waals surface area (Å²) in [5.41, 5.74) is 3.15. The first-order chi connectivity index (χ1) is 15.8. The van der Waals surface area contributed by atoms with E-state index in [9.17, 15) is 9.59 Å². The first-order valence-electron chi connectivity index (χ1n) is 11.2. The van der Waals surface area contributed by atoms with Crippen LogP contribution < -0.4 is 9.64 Å². The van der Waals surface area contributed by atoms with Gasteiger partial charge < -0.3 is 14.5 Å². The number of aryl methyl sites for hydroxylation is 1. The fourth-order valence-electron chi connectivity index (χ4n) is 4.62. The molecule has 0 bridgehead atoms. The molecule has 2 unspecified atom stereocenters. The van der Waals surface area contributed by atoms with Crippen LogP contribution in [0.1, 0.15) is 52.2 Å². The van der Waals surface area contributed by atoms with Gasteiger partial charge in [-0.15, -0.1) is 11.3 Å². The second-order valence-corrected chi connectivity index (χ2v) is 9.93. The number of rotatable bonds is 6. The summed E-state index contributed by atoms with van der Waals surface area (Å²) in [6, 6.07) is 17.0. The van der Waals surface area contributed by atoms with Crippen LogP contribution in [0.4, 0.5) is 5.69 Å². The summed E-state index contributed by atoms with van der Waals surface area (Å²) in [5, 5.41) is 2.00. The minimum Gasteiger partial charge on any atom is -0.495 e. The van der Waals surface area contributed by atoms with Crippen molar-refractivity contribution in [1.29, 1.82) is 0 Å². The molecule has 2 heterocycles. The number of methoxy groups -OCH3 is 1. The normalized spacial score (nSPS) is 17.8. The monoisotopic (exact) mass is 462 g/mol. The Morgan fingerprint density at radius 3 is 2.58 bits per heavy atom. The Hall–Kier alpha value is -3.12. The predicted molar refractivity (Wildman–Crippen MR) is 133 cm³/mol. The lowest BCUT2D eigenvalue weighted by atomic mass is 9.80. The molecule has 5 nitrogen and oxygen atoms in total. The zero-order valence-electron chi connectivity index (χ0n) is 19.7. The van der Waals surface area contributed by atoms with E-state index < -0.39 is 5.92 Å². The maximum atomic E-state index is 14.2. The van der Waals surface area contributed by atoms with Crippen molar-refractivity contribution in [1.82, 2.24) is 4.90 Å². The SMILES string of the molecule is COc1ccc(C)cc1N(C)C(=O)C1c2ccccc2C(=O)N(CC(C)C)C1c1cccs1. The Kier molecular flexibility index (Phi) is 6.56. The van der Waals surface area contributed by atoms with Gasteiger partial charge in [-0.1, -0.05) is 44.2 Å². The Bertz CT molecular complexity index is 1160. The highest BCUT2D eigenvalue weighted by molar-refractivity contribution is 7.10. The van der Waals surface area contributed by atoms with Crippen molar-refractivity contribution >= 4 is 28.8 Å². The van der Waals surface area contributed by atoms with Gasteiger partial charge in [-0.05, 0) is 53.6 Å². The zero-order chi connectivity index (χ0) is 23.7. The van der Waals surface area contributed by atoms with Gasteiger partial charge in [0.1, 0.15) is 5.75 Å². The van der Waals surface area contributed by atoms with Crippen LogP contribution in [0.25, 0.3) is 0 Å². The number of hydrogen-bond donors (Lipinski definition) is 0. The second-order valence-electron chi connectivity index (χ2n) is 8.95. The number of nitrogens with zero attached hydrogens (tertiary/aromatic N) is 2. The summed E-state index contributed by atoms with van der Waals surface area (Å²) in [5.74, 6) is 0.311. The van der Waals surface area contributed by atoms with Crippen LogP contribution in [0, 0.1) is 12.8 Å². The Morgan fingerprint density at radius 1 is 1.15 bits per heavy atom. The van der Waals surface area contributed by atoms with E-state index in [-0.39, 0.29) is 23.8 Å². The smallest absolute Gasteiger partial charge is 0.254 e. The van der Waals surface area contributed by atoms with Gasteiger partial charge in [0.2, 0.25) is 5.91 Å². The van der Waals surface area contributed by atoms with Crippen molar-refractivity contribution in [2.75, 3.05) is 25.6 Å². The molecule has 0 saturated carbocycles. The lowest BCUT2D eigenvalue weighted by Gasteiger charge is -2.43. The molecule has 1 aliphatic rings. The third-order valence-corrected chi connectivity index (χ3v) is 7.07. The number of ether oxygens (including phenoxy) is 1. The van der Waals surface area contributed by atoms with Crippen molar-refractivity contribution < 1.29 is 14.3 Å². The summed E-state index contributed by atoms with van der Waals surface area (Å²) in [4.78, 5) is 32.4. The van der Waals surface area contributed by atoms with Crippen LogP contribution in [0.15, 0.2) is 60.0 Å². The van der Waals surface area contributed by atoms with Gasteiger partial charge in [-0.25, -0.2) is 0 Å². The highest BCUT2D eigenvalue weighted by Crippen LogP contribution is 2.46. The van der Waals surface area contributed by atoms with Crippen molar-refractivity contribution in [3.63, 3.8) is 0 Å². The van der Waals surface area contributed by atoms with E-state index in [1.165, 1.54) is 0 Å². The minimum atomic E-state index is -0.522. The molecule has 33 heavy (non-hydrogen) atoms. The molecule has 6 heteroatoms. The number of benzene rings is 2. The fraction of sp³-hybridized carbons (Fsp3) is 0.333. The van der Waals surface area contributed by atoms with Crippen LogP contribution in [0.3, 0.4) is 0 Å². The van der Waals surface area contributed by atoms with Crippen LogP contribution in [0.5, 0.6) is 5.75 Å². The van der Waals surface area contributed by atoms with Crippen molar-refractivity contribution in [3.8, 4) is 5.75 Å². The molecule has 2 amide bonds. The van der Waals surface area contributed by atoms with Crippen LogP contribution >= 0.6 is 11.3 Å². The van der Waals surface area contributed by atoms with E-state index in [0.717, 1.165) is 21.7 Å². The van der Waals surface area contributed by atoms with Crippen LogP contribution in [0.2, 0.25) is 0 Å². The molecule has 1 aromatic heterocycles. The topological polar surface area (TPSA) is 49.9 Å². The number of thiophene rings is 1. The van der Waals surface area contributed by atoms with Crippen molar-refractivity contribution in [2.24, 2.45) is 5.92 Å². The van der Waals surface area contributed by atoms with Gasteiger partial charge in [-0.2, -0.15) is 0 Å². The van der Waals surface area contributed by atoms with E-state index in [1.54, 1.807) is 30.4 Å². The van der Waals surface area contributed by atoms with E-state index in [0.29, 0.717) is 17.9 Å². The summed E-state index contributed by atoms with van der Waals surface area (Å²) >= 11 is 1.59. The maximum Gasteiger partial charge on any atom is 0.254 e. The Labute approximate surface area is 199 Å². The summed E-state index contributed by atoms with van der Waals surface area (Å²) in [6.45, 7) is 6.77. The molecule has 4 rings (SSSR count). The standard InChI is InChI=1S/C27H30N2O3S/c1-17(2)16-29-25(23-11-8-14-33-23)24(19-9-6-7-10-20(19)26(29)30)27(31)28(4)21-15-18(3)12-13-22(21)32-5/h6-15,17,24-25H,16H2,1-5H3. The van der Waals surface area contributed by atoms with Crippen molar-refractivity contribution in [3.05, 3.63) is 81.5 Å². The second kappa shape index (κ2) is 9.40. The highest BCUT2D eigenvalue weighted by Gasteiger charge is 2.45. The van der Waals surface area contributed by atoms with Crippen LogP contribution in [-0.4, -0.2) is 37.4 Å². The number of carbonyl (C=O) groups is 2. The number of anilines is 1. The molecule has 3 aromatic rings. The predicted octanol–water partition coefficient (Wildman–Crippen LogP) is 5.66. The third kappa shape index (κ3) is 4.27. The number of likely N-dealkylation sites (N-methyl/N-ethyl adjacent to an activating group) is 1. The number of hydrogen-bond acceptors (Lipinski definition) is 4. The van der Waals surface area contributed by atoms with Gasteiger partial charge in [0.25, 0.3) is 5.91 Å². The summed E-state index contributed by atoms with van der Waals surface area (Å²) < 4.78 is 5.56. The molecule has 0 fully saturated rings. The zero-order valence-corrected chi connectivity index (χ0v) is 20.6. The maximum absolute atomic E-state index is 14.2. The average molecular weight is 463 g/mol. The van der Waals surface area contributed by atoms with E-state index in [2.05, 4.69) is 13.8 Å². The van der Waals surface area contributed by atoms with E-state index >= 15 is 0 Å². The molecule has 2 aromatic carbocycles. The van der Waals surface area contributed by atoms with E-state index in [4.69, 9.17) is 4.74 Å². The number of carbonyl (C=O) groups excluding carboxylic acids is 2. The van der Waals surface area contributed by atoms with Gasteiger partial charge in [0.15, 0.2) is 0 Å². The first-order valence-corrected chi connectivity index (χ1v) is 12.1. The Morgan fingerprint density at radius 2 is 1.91 bits per heavy atom. The molecule has 1 aliphatic heterocycles. The quantitative estimate of drug-likeness (QED) is 0.475. The molecule has 0 saturated heterocycles. The lowest BCUT2D eigenvalue weighted by Crippen LogP contribution is -2.48. The molecular weight excluding hydrogens is 432 g/mol. The van der Waals surface area contributed by atoms with Gasteiger partial charge >= 0.3 is 0 Å². The molecule has 2 atom stereocenters. The van der Waals surface area contributed by atoms with Gasteiger partial charge in [0, 0.05) is 24.0 Å². The molecular formula is C27H30N2O3S. The van der Waals surface area contributed by atoms with E-state index in [1.807, 2.05) is 71.8 Å². The molecule has 0 N–H and O–H groups in total. The van der Waals surface area contributed by atoms with Crippen molar-refractivity contribution in [2.45, 2.75) is 32.7 Å². The minimum absolute atomic E-state index is 0.0162. The Balaban J connectivity index is 1.88. The largest absolute Gasteiger partial charge is 0.495 e. The fourth-order valence-corrected chi connectivity index (χ4v) is 5.49.